The van der Waals surface area contributed by atoms with E-state index in [9.17, 15) is 13.2 Å². The number of hydrogen-bond donors (Lipinski definition) is 0. The van der Waals surface area contributed by atoms with Crippen LogP contribution in [0.25, 0.3) is 0 Å². The second kappa shape index (κ2) is 9.74. The van der Waals surface area contributed by atoms with Gasteiger partial charge in [0.15, 0.2) is 0 Å². The molecule has 2 aromatic rings. The van der Waals surface area contributed by atoms with Crippen LogP contribution in [0.1, 0.15) is 37.0 Å². The lowest BCUT2D eigenvalue weighted by Crippen LogP contribution is -2.39. The Labute approximate surface area is 193 Å². The summed E-state index contributed by atoms with van der Waals surface area (Å²) in [6, 6.07) is 0. The molecule has 0 N–H and O–H groups in total. The van der Waals surface area contributed by atoms with Gasteiger partial charge in [-0.2, -0.15) is 0 Å². The fourth-order valence-corrected chi connectivity index (χ4v) is 5.13. The molecule has 4 heterocycles. The van der Waals surface area contributed by atoms with Gasteiger partial charge in [0.25, 0.3) is 5.56 Å². The molecule has 1 fully saturated rings. The predicted molar refractivity (Wildman–Crippen MR) is 120 cm³/mol. The van der Waals surface area contributed by atoms with E-state index in [0.717, 1.165) is 11.4 Å². The highest BCUT2D eigenvalue weighted by Gasteiger charge is 2.26. The molecule has 0 saturated carbocycles. The molecule has 33 heavy (non-hydrogen) atoms. The highest BCUT2D eigenvalue weighted by Crippen LogP contribution is 2.23. The van der Waals surface area contributed by atoms with Gasteiger partial charge in [-0.25, -0.2) is 22.7 Å². The summed E-state index contributed by atoms with van der Waals surface area (Å²) in [4.78, 5) is 28.5. The lowest BCUT2D eigenvalue weighted by Gasteiger charge is -2.30. The number of sulfonamides is 1. The topological polar surface area (TPSA) is 120 Å². The van der Waals surface area contributed by atoms with E-state index >= 15 is 0 Å². The quantitative estimate of drug-likeness (QED) is 0.538. The number of methoxy groups -OCH3 is 1. The van der Waals surface area contributed by atoms with Crippen molar-refractivity contribution < 1.29 is 17.9 Å². The zero-order chi connectivity index (χ0) is 23.6. The average Bonchev–Trinajstić information content (AvgIpc) is 3.20. The van der Waals surface area contributed by atoms with Crippen molar-refractivity contribution in [3.8, 4) is 11.6 Å². The monoisotopic (exact) mass is 478 g/mol. The molecule has 0 radical (unpaired) electrons. The molecule has 4 rings (SSSR count). The summed E-state index contributed by atoms with van der Waals surface area (Å²) in [6.07, 6.45) is 5.76. The summed E-state index contributed by atoms with van der Waals surface area (Å²) in [5.74, 6) is 1.58. The van der Waals surface area contributed by atoms with Crippen molar-refractivity contribution in [2.75, 3.05) is 33.1 Å². The fourth-order valence-electron chi connectivity index (χ4n) is 4.26. The first-order valence-corrected chi connectivity index (χ1v) is 12.9. The maximum absolute atomic E-state index is 13.0. The second-order valence-electron chi connectivity index (χ2n) is 8.46. The lowest BCUT2D eigenvalue weighted by molar-refractivity contribution is 0.182. The van der Waals surface area contributed by atoms with E-state index in [1.807, 2.05) is 6.92 Å². The van der Waals surface area contributed by atoms with Gasteiger partial charge in [0.1, 0.15) is 5.82 Å². The van der Waals surface area contributed by atoms with Crippen LogP contribution in [0.3, 0.4) is 0 Å². The number of fused-ring (bicyclic) bond motifs is 1. The standard InChI is InChI=1S/C21H30N6O5S/c1-4-27-19(13-25-11-16-17(12-25)24-20(31-2)10-22-16)23-9-18(21(27)28)32-14-15-5-7-26(8-6-15)33(3,29)30/h9-10,15H,4-8,11-14H2,1-3H3. The second-order valence-corrected chi connectivity index (χ2v) is 10.4. The normalized spacial score (nSPS) is 17.8. The first kappa shape index (κ1) is 23.6. The third kappa shape index (κ3) is 5.33. The molecule has 12 heteroatoms. The van der Waals surface area contributed by atoms with Gasteiger partial charge < -0.3 is 9.47 Å². The Balaban J connectivity index is 1.38. The lowest BCUT2D eigenvalue weighted by atomic mass is 9.99. The van der Waals surface area contributed by atoms with E-state index in [2.05, 4.69) is 19.9 Å². The highest BCUT2D eigenvalue weighted by molar-refractivity contribution is 7.88. The van der Waals surface area contributed by atoms with Gasteiger partial charge in [-0.1, -0.05) is 0 Å². The number of nitrogens with zero attached hydrogens (tertiary/aromatic N) is 6. The van der Waals surface area contributed by atoms with Crippen molar-refractivity contribution in [3.63, 3.8) is 0 Å². The maximum Gasteiger partial charge on any atom is 0.295 e. The molecule has 0 amide bonds. The Hall–Kier alpha value is -2.57. The molecule has 2 aliphatic heterocycles. The van der Waals surface area contributed by atoms with Crippen LogP contribution in [0.15, 0.2) is 17.2 Å². The van der Waals surface area contributed by atoms with E-state index in [4.69, 9.17) is 9.47 Å². The van der Waals surface area contributed by atoms with Gasteiger partial charge in [0, 0.05) is 32.7 Å². The molecule has 0 atom stereocenters. The summed E-state index contributed by atoms with van der Waals surface area (Å²) in [5.41, 5.74) is 1.58. The number of piperidine rings is 1. The molecule has 0 bridgehead atoms. The molecule has 11 nitrogen and oxygen atoms in total. The molecule has 180 valence electrons. The summed E-state index contributed by atoms with van der Waals surface area (Å²) in [5, 5.41) is 0. The summed E-state index contributed by atoms with van der Waals surface area (Å²) < 4.78 is 37.4. The largest absolute Gasteiger partial charge is 0.486 e. The van der Waals surface area contributed by atoms with Crippen LogP contribution in [0.5, 0.6) is 11.6 Å². The van der Waals surface area contributed by atoms with Crippen molar-refractivity contribution in [2.24, 2.45) is 5.92 Å². The number of hydrogen-bond acceptors (Lipinski definition) is 9. The Morgan fingerprint density at radius 3 is 2.52 bits per heavy atom. The molecule has 0 aromatic carbocycles. The zero-order valence-electron chi connectivity index (χ0n) is 19.2. The van der Waals surface area contributed by atoms with Crippen molar-refractivity contribution in [3.05, 3.63) is 40.0 Å². The van der Waals surface area contributed by atoms with E-state index in [-0.39, 0.29) is 17.2 Å². The van der Waals surface area contributed by atoms with Crippen LogP contribution in [0, 0.1) is 5.92 Å². The van der Waals surface area contributed by atoms with Gasteiger partial charge in [-0.05, 0) is 25.7 Å². The van der Waals surface area contributed by atoms with Crippen LogP contribution in [-0.2, 0) is 36.2 Å². The highest BCUT2D eigenvalue weighted by atomic mass is 32.2. The van der Waals surface area contributed by atoms with E-state index in [1.165, 1.54) is 16.8 Å². The van der Waals surface area contributed by atoms with E-state index in [0.29, 0.717) is 70.4 Å². The molecule has 2 aliphatic rings. The van der Waals surface area contributed by atoms with Crippen LogP contribution >= 0.6 is 0 Å². The van der Waals surface area contributed by atoms with Crippen molar-refractivity contribution in [1.82, 2.24) is 28.7 Å². The van der Waals surface area contributed by atoms with E-state index in [1.54, 1.807) is 17.9 Å². The minimum absolute atomic E-state index is 0.203. The fraction of sp³-hybridized carbons (Fsp3) is 0.619. The predicted octanol–water partition coefficient (Wildman–Crippen LogP) is 0.628. The minimum Gasteiger partial charge on any atom is -0.486 e. The molecule has 0 unspecified atom stereocenters. The average molecular weight is 479 g/mol. The van der Waals surface area contributed by atoms with Gasteiger partial charge >= 0.3 is 0 Å². The molecular formula is C21H30N6O5S. The summed E-state index contributed by atoms with van der Waals surface area (Å²) in [6.45, 7) is 5.47. The van der Waals surface area contributed by atoms with Gasteiger partial charge in [-0.3, -0.25) is 19.2 Å². The van der Waals surface area contributed by atoms with Crippen LogP contribution in [0.2, 0.25) is 0 Å². The molecule has 0 spiro atoms. The van der Waals surface area contributed by atoms with Crippen LogP contribution in [-0.4, -0.2) is 70.2 Å². The number of ether oxygens (including phenoxy) is 2. The number of rotatable bonds is 8. The van der Waals surface area contributed by atoms with Gasteiger partial charge in [-0.15, -0.1) is 0 Å². The van der Waals surface area contributed by atoms with Crippen molar-refractivity contribution >= 4 is 10.0 Å². The van der Waals surface area contributed by atoms with Crippen molar-refractivity contribution in [1.29, 1.82) is 0 Å². The minimum atomic E-state index is -3.16. The molecule has 2 aromatic heterocycles. The van der Waals surface area contributed by atoms with Crippen LogP contribution < -0.4 is 15.0 Å². The molecular weight excluding hydrogens is 448 g/mol. The first-order valence-electron chi connectivity index (χ1n) is 11.1. The summed E-state index contributed by atoms with van der Waals surface area (Å²) in [7, 11) is -1.59. The van der Waals surface area contributed by atoms with Crippen LogP contribution in [0.4, 0.5) is 0 Å². The summed E-state index contributed by atoms with van der Waals surface area (Å²) >= 11 is 0. The molecule has 1 saturated heterocycles. The van der Waals surface area contributed by atoms with Gasteiger partial charge in [0.05, 0.1) is 50.3 Å². The maximum atomic E-state index is 13.0. The molecule has 0 aliphatic carbocycles. The first-order chi connectivity index (χ1) is 15.8. The van der Waals surface area contributed by atoms with Gasteiger partial charge in [0.2, 0.25) is 21.7 Å². The number of aromatic nitrogens is 4. The Kier molecular flexibility index (Phi) is 6.96. The third-order valence-corrected chi connectivity index (χ3v) is 7.46. The smallest absolute Gasteiger partial charge is 0.295 e. The Morgan fingerprint density at radius 2 is 1.85 bits per heavy atom. The van der Waals surface area contributed by atoms with E-state index < -0.39 is 10.0 Å². The zero-order valence-corrected chi connectivity index (χ0v) is 20.0. The third-order valence-electron chi connectivity index (χ3n) is 6.16. The SMILES string of the molecule is CCn1c(CN2Cc3ncc(OC)nc3C2)ncc(OCC2CCN(S(C)(=O)=O)CC2)c1=O. The van der Waals surface area contributed by atoms with Crippen molar-refractivity contribution in [2.45, 2.75) is 45.9 Å². The Bertz CT molecular complexity index is 1160. The Morgan fingerprint density at radius 1 is 1.12 bits per heavy atom.